The lowest BCUT2D eigenvalue weighted by Crippen LogP contribution is -2.47. The molecule has 1 aromatic carbocycles. The van der Waals surface area contributed by atoms with Crippen molar-refractivity contribution >= 4 is 11.6 Å². The maximum absolute atomic E-state index is 12.9. The first-order valence-corrected chi connectivity index (χ1v) is 6.06. The van der Waals surface area contributed by atoms with E-state index < -0.39 is 6.04 Å². The monoisotopic (exact) mass is 252 g/mol. The third-order valence-electron chi connectivity index (χ3n) is 3.22. The van der Waals surface area contributed by atoms with Gasteiger partial charge in [0.25, 0.3) is 0 Å². The lowest BCUT2D eigenvalue weighted by molar-refractivity contribution is -0.121. The van der Waals surface area contributed by atoms with Gasteiger partial charge in [0.2, 0.25) is 5.91 Å². The molecule has 4 nitrogen and oxygen atoms in total. The van der Waals surface area contributed by atoms with Crippen molar-refractivity contribution in [3.8, 4) is 0 Å². The second-order valence-corrected chi connectivity index (χ2v) is 4.51. The zero-order valence-electron chi connectivity index (χ0n) is 10.3. The summed E-state index contributed by atoms with van der Waals surface area (Å²) in [4.78, 5) is 13.9. The van der Waals surface area contributed by atoms with Gasteiger partial charge in [0.15, 0.2) is 0 Å². The van der Waals surface area contributed by atoms with E-state index in [1.165, 1.54) is 12.1 Å². The third kappa shape index (κ3) is 2.52. The van der Waals surface area contributed by atoms with Gasteiger partial charge in [0, 0.05) is 11.7 Å². The molecule has 1 aromatic rings. The zero-order valence-corrected chi connectivity index (χ0v) is 10.3. The van der Waals surface area contributed by atoms with Crippen LogP contribution in [0.5, 0.6) is 0 Å². The Bertz CT molecular complexity index is 422. The van der Waals surface area contributed by atoms with Crippen molar-refractivity contribution < 1.29 is 14.3 Å². The first-order chi connectivity index (χ1) is 8.63. The molecule has 1 fully saturated rings. The number of carbonyl (C=O) groups excluding carboxylic acids is 1. The third-order valence-corrected chi connectivity index (χ3v) is 3.22. The second-order valence-electron chi connectivity index (χ2n) is 4.51. The van der Waals surface area contributed by atoms with Crippen LogP contribution in [0.3, 0.4) is 0 Å². The summed E-state index contributed by atoms with van der Waals surface area (Å²) >= 11 is 0. The molecule has 2 atom stereocenters. The average Bonchev–Trinajstić information content (AvgIpc) is 2.50. The van der Waals surface area contributed by atoms with E-state index in [1.807, 2.05) is 6.92 Å². The molecule has 2 unspecified atom stereocenters. The van der Waals surface area contributed by atoms with Crippen LogP contribution < -0.4 is 10.2 Å². The molecule has 2 rings (SSSR count). The molecule has 0 saturated carbocycles. The predicted molar refractivity (Wildman–Crippen MR) is 66.8 cm³/mol. The van der Waals surface area contributed by atoms with E-state index in [-0.39, 0.29) is 24.4 Å². The number of nitrogens with zero attached hydrogens (tertiary/aromatic N) is 1. The van der Waals surface area contributed by atoms with E-state index in [1.54, 1.807) is 17.0 Å². The number of aliphatic hydroxyl groups excluding tert-OH is 1. The summed E-state index contributed by atoms with van der Waals surface area (Å²) in [6, 6.07) is 5.28. The van der Waals surface area contributed by atoms with E-state index in [2.05, 4.69) is 5.32 Å². The second kappa shape index (κ2) is 5.46. The van der Waals surface area contributed by atoms with Gasteiger partial charge in [-0.05, 0) is 44.2 Å². The lowest BCUT2D eigenvalue weighted by atomic mass is 10.1. The number of anilines is 1. The first-order valence-electron chi connectivity index (χ1n) is 6.06. The normalized spacial score (nSPS) is 25.1. The Balaban J connectivity index is 2.31. The van der Waals surface area contributed by atoms with Crippen LogP contribution >= 0.6 is 0 Å². The molecule has 0 aliphatic carbocycles. The Morgan fingerprint density at radius 1 is 1.44 bits per heavy atom. The van der Waals surface area contributed by atoms with Crippen molar-refractivity contribution in [2.75, 3.05) is 18.1 Å². The summed E-state index contributed by atoms with van der Waals surface area (Å²) in [5.41, 5.74) is 0.663. The highest BCUT2D eigenvalue weighted by Crippen LogP contribution is 2.21. The van der Waals surface area contributed by atoms with Gasteiger partial charge in [-0.15, -0.1) is 0 Å². The van der Waals surface area contributed by atoms with Gasteiger partial charge in [-0.25, -0.2) is 4.39 Å². The molecule has 2 N–H and O–H groups in total. The Labute approximate surface area is 105 Å². The first kappa shape index (κ1) is 13.0. The molecule has 1 heterocycles. The van der Waals surface area contributed by atoms with Crippen molar-refractivity contribution in [2.24, 2.45) is 0 Å². The van der Waals surface area contributed by atoms with Crippen LogP contribution in [0.25, 0.3) is 0 Å². The topological polar surface area (TPSA) is 52.6 Å². The largest absolute Gasteiger partial charge is 0.394 e. The molecular weight excluding hydrogens is 235 g/mol. The van der Waals surface area contributed by atoms with E-state index in [9.17, 15) is 14.3 Å². The van der Waals surface area contributed by atoms with Gasteiger partial charge < -0.3 is 15.3 Å². The molecule has 0 spiro atoms. The van der Waals surface area contributed by atoms with Crippen molar-refractivity contribution in [3.05, 3.63) is 30.1 Å². The fourth-order valence-electron chi connectivity index (χ4n) is 2.19. The molecule has 1 aliphatic heterocycles. The molecule has 0 radical (unpaired) electrons. The smallest absolute Gasteiger partial charge is 0.246 e. The lowest BCUT2D eigenvalue weighted by Gasteiger charge is -2.28. The van der Waals surface area contributed by atoms with Crippen LogP contribution in [0.2, 0.25) is 0 Å². The number of aliphatic hydroxyl groups is 1. The highest BCUT2D eigenvalue weighted by molar-refractivity contribution is 5.98. The molecular formula is C13H17FN2O2. The molecule has 0 aromatic heterocycles. The van der Waals surface area contributed by atoms with Gasteiger partial charge in [-0.3, -0.25) is 4.79 Å². The molecule has 1 amide bonds. The zero-order chi connectivity index (χ0) is 13.1. The van der Waals surface area contributed by atoms with E-state index in [0.29, 0.717) is 12.2 Å². The van der Waals surface area contributed by atoms with E-state index >= 15 is 0 Å². The van der Waals surface area contributed by atoms with E-state index in [4.69, 9.17) is 0 Å². The number of nitrogens with one attached hydrogen (secondary N) is 1. The standard InChI is InChI=1S/C13H17FN2O2/c1-9-6-7-15-12(8-17)13(18)16(9)11-4-2-10(14)3-5-11/h2-5,9,12,15,17H,6-8H2,1H3. The van der Waals surface area contributed by atoms with Crippen molar-refractivity contribution in [2.45, 2.75) is 25.4 Å². The molecule has 18 heavy (non-hydrogen) atoms. The van der Waals surface area contributed by atoms with Gasteiger partial charge in [0.05, 0.1) is 6.61 Å². The van der Waals surface area contributed by atoms with Crippen LogP contribution in [0.4, 0.5) is 10.1 Å². The minimum atomic E-state index is -0.583. The Kier molecular flexibility index (Phi) is 3.93. The fourth-order valence-corrected chi connectivity index (χ4v) is 2.19. The van der Waals surface area contributed by atoms with E-state index in [0.717, 1.165) is 6.42 Å². The Hall–Kier alpha value is -1.46. The Morgan fingerprint density at radius 3 is 2.72 bits per heavy atom. The summed E-state index contributed by atoms with van der Waals surface area (Å²) < 4.78 is 12.9. The molecule has 1 saturated heterocycles. The summed E-state index contributed by atoms with van der Waals surface area (Å²) in [5.74, 6) is -0.500. The SMILES string of the molecule is CC1CCNC(CO)C(=O)N1c1ccc(F)cc1. The van der Waals surface area contributed by atoms with Gasteiger partial charge in [0.1, 0.15) is 11.9 Å². The Morgan fingerprint density at radius 2 is 2.11 bits per heavy atom. The average molecular weight is 252 g/mol. The summed E-state index contributed by atoms with van der Waals surface area (Å²) in [6.07, 6.45) is 0.791. The van der Waals surface area contributed by atoms with Crippen LogP contribution in [0, 0.1) is 5.82 Å². The number of carbonyl (C=O) groups is 1. The number of hydrogen-bond donors (Lipinski definition) is 2. The molecule has 5 heteroatoms. The van der Waals surface area contributed by atoms with Crippen molar-refractivity contribution in [1.29, 1.82) is 0 Å². The molecule has 1 aliphatic rings. The number of rotatable bonds is 2. The number of halogens is 1. The summed E-state index contributed by atoms with van der Waals surface area (Å²) in [6.45, 7) is 2.39. The maximum atomic E-state index is 12.9. The highest BCUT2D eigenvalue weighted by Gasteiger charge is 2.31. The van der Waals surface area contributed by atoms with Crippen LogP contribution in [-0.2, 0) is 4.79 Å². The molecule has 0 bridgehead atoms. The van der Waals surface area contributed by atoms with Crippen LogP contribution in [-0.4, -0.2) is 36.2 Å². The number of benzene rings is 1. The minimum Gasteiger partial charge on any atom is -0.394 e. The summed E-state index contributed by atoms with van der Waals surface area (Å²) in [7, 11) is 0. The highest BCUT2D eigenvalue weighted by atomic mass is 19.1. The molecule has 98 valence electrons. The number of amides is 1. The van der Waals surface area contributed by atoms with Gasteiger partial charge in [-0.2, -0.15) is 0 Å². The quantitative estimate of drug-likeness (QED) is 0.822. The van der Waals surface area contributed by atoms with Crippen molar-refractivity contribution in [3.63, 3.8) is 0 Å². The predicted octanol–water partition coefficient (Wildman–Crippen LogP) is 0.901. The maximum Gasteiger partial charge on any atom is 0.246 e. The van der Waals surface area contributed by atoms with Gasteiger partial charge in [-0.1, -0.05) is 0 Å². The van der Waals surface area contributed by atoms with Crippen molar-refractivity contribution in [1.82, 2.24) is 5.32 Å². The van der Waals surface area contributed by atoms with Gasteiger partial charge >= 0.3 is 0 Å². The fraction of sp³-hybridized carbons (Fsp3) is 0.462. The number of hydrogen-bond acceptors (Lipinski definition) is 3. The summed E-state index contributed by atoms with van der Waals surface area (Å²) in [5, 5.41) is 12.2. The minimum absolute atomic E-state index is 0.0204. The van der Waals surface area contributed by atoms with Crippen LogP contribution in [0.15, 0.2) is 24.3 Å². The van der Waals surface area contributed by atoms with Crippen LogP contribution in [0.1, 0.15) is 13.3 Å².